The molecule has 1 aromatic rings. The minimum absolute atomic E-state index is 0.120. The van der Waals surface area contributed by atoms with Gasteiger partial charge in [-0.3, -0.25) is 13.7 Å². The van der Waals surface area contributed by atoms with Crippen LogP contribution in [0.4, 0.5) is 0 Å². The third-order valence-corrected chi connectivity index (χ3v) is 3.86. The average molecular weight is 299 g/mol. The summed E-state index contributed by atoms with van der Waals surface area (Å²) in [6, 6.07) is 9.60. The van der Waals surface area contributed by atoms with E-state index in [4.69, 9.17) is 13.7 Å². The minimum Gasteiger partial charge on any atom is -0.292 e. The maximum absolute atomic E-state index is 12.2. The molecule has 0 aromatic heterocycles. The fraction of sp³-hybridized carbons (Fsp3) is 0.500. The number of hydrogen-bond donors (Lipinski definition) is 0. The Morgan fingerprint density at radius 3 is 2.15 bits per heavy atom. The predicted molar refractivity (Wildman–Crippen MR) is 79.8 cm³/mol. The van der Waals surface area contributed by atoms with Crippen LogP contribution < -0.4 is 0 Å². The molecule has 112 valence electrons. The molecule has 0 saturated heterocycles. The van der Waals surface area contributed by atoms with Crippen LogP contribution in [-0.4, -0.2) is 18.9 Å². The second kappa shape index (κ2) is 8.20. The lowest BCUT2D eigenvalue weighted by Gasteiger charge is -2.15. The second-order valence-electron chi connectivity index (χ2n) is 4.36. The SMILES string of the molecule is CCOP(=O)(OCC)O/N=C(\c1ccccc1)C(C)C. The van der Waals surface area contributed by atoms with Crippen LogP contribution in [-0.2, 0) is 18.2 Å². The highest BCUT2D eigenvalue weighted by Crippen LogP contribution is 2.49. The van der Waals surface area contributed by atoms with Gasteiger partial charge < -0.3 is 0 Å². The van der Waals surface area contributed by atoms with Crippen LogP contribution in [0.2, 0.25) is 0 Å². The smallest absolute Gasteiger partial charge is 0.292 e. The summed E-state index contributed by atoms with van der Waals surface area (Å²) in [5.41, 5.74) is 1.62. The van der Waals surface area contributed by atoms with Crippen LogP contribution in [0.1, 0.15) is 33.3 Å². The molecule has 0 spiro atoms. The number of rotatable bonds is 8. The van der Waals surface area contributed by atoms with Gasteiger partial charge >= 0.3 is 7.82 Å². The molecule has 1 aromatic carbocycles. The fourth-order valence-electron chi connectivity index (χ4n) is 1.59. The molecule has 0 saturated carbocycles. The molecule has 0 amide bonds. The lowest BCUT2D eigenvalue weighted by atomic mass is 10.0. The largest absolute Gasteiger partial charge is 0.550 e. The monoisotopic (exact) mass is 299 g/mol. The Labute approximate surface area is 120 Å². The van der Waals surface area contributed by atoms with Crippen LogP contribution in [0.5, 0.6) is 0 Å². The molecule has 0 fully saturated rings. The van der Waals surface area contributed by atoms with Crippen LogP contribution >= 0.6 is 7.82 Å². The summed E-state index contributed by atoms with van der Waals surface area (Å²) in [5, 5.41) is 4.01. The standard InChI is InChI=1S/C14H22NO4P/c1-5-17-20(16,18-6-2)19-15-14(12(3)4)13-10-8-7-9-11-13/h7-12H,5-6H2,1-4H3/b15-14-. The summed E-state index contributed by atoms with van der Waals surface area (Å²) < 4.78 is 27.4. The fourth-order valence-corrected chi connectivity index (χ4v) is 2.58. The van der Waals surface area contributed by atoms with E-state index in [1.165, 1.54) is 0 Å². The Kier molecular flexibility index (Phi) is 6.93. The molecular weight excluding hydrogens is 277 g/mol. The van der Waals surface area contributed by atoms with Crippen molar-refractivity contribution in [1.29, 1.82) is 0 Å². The molecule has 0 aliphatic heterocycles. The van der Waals surface area contributed by atoms with E-state index >= 15 is 0 Å². The maximum Gasteiger partial charge on any atom is 0.550 e. The highest BCUT2D eigenvalue weighted by molar-refractivity contribution is 7.48. The number of phosphoric ester groups is 1. The van der Waals surface area contributed by atoms with Crippen LogP contribution in [0.3, 0.4) is 0 Å². The number of nitrogens with zero attached hydrogens (tertiary/aromatic N) is 1. The summed E-state index contributed by atoms with van der Waals surface area (Å²) >= 11 is 0. The maximum atomic E-state index is 12.2. The van der Waals surface area contributed by atoms with Crippen molar-refractivity contribution >= 4 is 13.5 Å². The van der Waals surface area contributed by atoms with Crippen molar-refractivity contribution in [3.8, 4) is 0 Å². The molecule has 0 unspecified atom stereocenters. The van der Waals surface area contributed by atoms with Gasteiger partial charge in [0.25, 0.3) is 0 Å². The van der Waals surface area contributed by atoms with Crippen molar-refractivity contribution in [2.24, 2.45) is 11.1 Å². The van der Waals surface area contributed by atoms with E-state index in [2.05, 4.69) is 5.16 Å². The van der Waals surface area contributed by atoms with Crippen LogP contribution in [0, 0.1) is 5.92 Å². The third kappa shape index (κ3) is 5.08. The Hall–Kier alpha value is -1.16. The molecule has 1 rings (SSSR count). The Balaban J connectivity index is 2.95. The summed E-state index contributed by atoms with van der Waals surface area (Å²) in [5.74, 6) is 0.120. The Morgan fingerprint density at radius 2 is 1.70 bits per heavy atom. The van der Waals surface area contributed by atoms with Gasteiger partial charge in [0.15, 0.2) is 0 Å². The highest BCUT2D eigenvalue weighted by Gasteiger charge is 2.27. The molecule has 5 nitrogen and oxygen atoms in total. The Bertz CT molecular complexity index is 463. The molecule has 0 bridgehead atoms. The van der Waals surface area contributed by atoms with Crippen molar-refractivity contribution in [2.75, 3.05) is 13.2 Å². The van der Waals surface area contributed by atoms with E-state index in [9.17, 15) is 4.57 Å². The summed E-state index contributed by atoms with van der Waals surface area (Å²) in [4.78, 5) is 0. The zero-order chi connectivity index (χ0) is 15.0. The minimum atomic E-state index is -3.62. The van der Waals surface area contributed by atoms with Gasteiger partial charge in [0.1, 0.15) is 0 Å². The number of oxime groups is 1. The molecule has 0 aliphatic rings. The van der Waals surface area contributed by atoms with Gasteiger partial charge in [-0.05, 0) is 25.3 Å². The van der Waals surface area contributed by atoms with Crippen molar-refractivity contribution in [3.63, 3.8) is 0 Å². The average Bonchev–Trinajstić information content (AvgIpc) is 2.40. The van der Waals surface area contributed by atoms with Crippen molar-refractivity contribution in [2.45, 2.75) is 27.7 Å². The van der Waals surface area contributed by atoms with E-state index in [-0.39, 0.29) is 19.1 Å². The number of phosphoric acid groups is 1. The normalized spacial score (nSPS) is 12.8. The molecule has 6 heteroatoms. The number of benzene rings is 1. The summed E-state index contributed by atoms with van der Waals surface area (Å²) in [6.45, 7) is 7.88. The van der Waals surface area contributed by atoms with Gasteiger partial charge in [0.05, 0.1) is 18.9 Å². The zero-order valence-electron chi connectivity index (χ0n) is 12.4. The first-order valence-corrected chi connectivity index (χ1v) is 8.19. The molecule has 20 heavy (non-hydrogen) atoms. The van der Waals surface area contributed by atoms with E-state index in [0.29, 0.717) is 5.71 Å². The van der Waals surface area contributed by atoms with Crippen molar-refractivity contribution < 1.29 is 18.2 Å². The molecule has 0 atom stereocenters. The first-order chi connectivity index (χ1) is 9.52. The molecule has 0 N–H and O–H groups in total. The van der Waals surface area contributed by atoms with E-state index in [0.717, 1.165) is 5.56 Å². The molecule has 0 aliphatic carbocycles. The first kappa shape index (κ1) is 16.9. The lowest BCUT2D eigenvalue weighted by Crippen LogP contribution is -2.10. The van der Waals surface area contributed by atoms with Crippen LogP contribution in [0.25, 0.3) is 0 Å². The quantitative estimate of drug-likeness (QED) is 0.409. The molecule has 0 heterocycles. The Morgan fingerprint density at radius 1 is 1.15 bits per heavy atom. The van der Waals surface area contributed by atoms with Crippen molar-refractivity contribution in [1.82, 2.24) is 0 Å². The van der Waals surface area contributed by atoms with Gasteiger partial charge in [-0.25, -0.2) is 4.57 Å². The topological polar surface area (TPSA) is 57.1 Å². The number of hydrogen-bond acceptors (Lipinski definition) is 5. The summed E-state index contributed by atoms with van der Waals surface area (Å²) in [7, 11) is -3.62. The van der Waals surface area contributed by atoms with Crippen LogP contribution in [0.15, 0.2) is 35.5 Å². The van der Waals surface area contributed by atoms with Gasteiger partial charge in [-0.15, -0.1) is 0 Å². The van der Waals surface area contributed by atoms with Gasteiger partial charge in [-0.1, -0.05) is 49.3 Å². The second-order valence-corrected chi connectivity index (χ2v) is 5.94. The van der Waals surface area contributed by atoms with E-state index in [1.54, 1.807) is 13.8 Å². The lowest BCUT2D eigenvalue weighted by molar-refractivity contribution is 0.124. The summed E-state index contributed by atoms with van der Waals surface area (Å²) in [6.07, 6.45) is 0. The van der Waals surface area contributed by atoms with E-state index < -0.39 is 7.82 Å². The van der Waals surface area contributed by atoms with Crippen molar-refractivity contribution in [3.05, 3.63) is 35.9 Å². The van der Waals surface area contributed by atoms with E-state index in [1.807, 2.05) is 44.2 Å². The molecule has 0 radical (unpaired) electrons. The third-order valence-electron chi connectivity index (χ3n) is 2.43. The molecular formula is C14H22NO4P. The highest BCUT2D eigenvalue weighted by atomic mass is 31.2. The van der Waals surface area contributed by atoms with Gasteiger partial charge in [-0.2, -0.15) is 0 Å². The first-order valence-electron chi connectivity index (χ1n) is 6.73. The predicted octanol–water partition coefficient (Wildman–Crippen LogP) is 4.24. The van der Waals surface area contributed by atoms with Gasteiger partial charge in [0.2, 0.25) is 0 Å². The zero-order valence-corrected chi connectivity index (χ0v) is 13.3. The van der Waals surface area contributed by atoms with Gasteiger partial charge in [0, 0.05) is 0 Å².